The lowest BCUT2D eigenvalue weighted by Crippen LogP contribution is -2.36. The van der Waals surface area contributed by atoms with Gasteiger partial charge in [0, 0.05) is 20.2 Å². The van der Waals surface area contributed by atoms with Crippen molar-refractivity contribution in [2.45, 2.75) is 0 Å². The lowest BCUT2D eigenvalue weighted by Gasteiger charge is -2.11. The summed E-state index contributed by atoms with van der Waals surface area (Å²) in [6.07, 6.45) is 0. The van der Waals surface area contributed by atoms with E-state index in [0.717, 1.165) is 18.2 Å². The van der Waals surface area contributed by atoms with Crippen LogP contribution in [0.5, 0.6) is 5.75 Å². The number of rotatable bonds is 3. The van der Waals surface area contributed by atoms with Gasteiger partial charge in [-0.15, -0.1) is 0 Å². The second kappa shape index (κ2) is 5.29. The van der Waals surface area contributed by atoms with Crippen molar-refractivity contribution in [3.63, 3.8) is 0 Å². The van der Waals surface area contributed by atoms with E-state index < -0.39 is 17.5 Å². The molecule has 5 nitrogen and oxygen atoms in total. The Morgan fingerprint density at radius 3 is 2.59 bits per heavy atom. The Labute approximate surface area is 97.8 Å². The van der Waals surface area contributed by atoms with Crippen molar-refractivity contribution in [1.29, 1.82) is 0 Å². The minimum absolute atomic E-state index is 0.0713. The number of phenols is 1. The maximum Gasteiger partial charge on any atom is 0.255 e. The van der Waals surface area contributed by atoms with E-state index in [1.165, 1.54) is 4.90 Å². The first-order valence-corrected chi connectivity index (χ1v) is 4.88. The molecule has 17 heavy (non-hydrogen) atoms. The fraction of sp³-hybridized carbons (Fsp3) is 0.273. The molecule has 0 heterocycles. The maximum absolute atomic E-state index is 12.7. The number of aromatic hydroxyl groups is 1. The highest BCUT2D eigenvalue weighted by molar-refractivity contribution is 5.98. The molecule has 0 aromatic heterocycles. The van der Waals surface area contributed by atoms with Gasteiger partial charge in [0.15, 0.2) is 0 Å². The molecular formula is C11H13FN2O3. The topological polar surface area (TPSA) is 69.6 Å². The first kappa shape index (κ1) is 13.0. The van der Waals surface area contributed by atoms with Crippen LogP contribution in [0.4, 0.5) is 4.39 Å². The van der Waals surface area contributed by atoms with Gasteiger partial charge in [0.05, 0.1) is 12.1 Å². The molecule has 0 aliphatic heterocycles. The molecule has 0 saturated heterocycles. The summed E-state index contributed by atoms with van der Waals surface area (Å²) in [5, 5.41) is 11.7. The van der Waals surface area contributed by atoms with Crippen LogP contribution in [0.2, 0.25) is 0 Å². The van der Waals surface area contributed by atoms with Crippen molar-refractivity contribution in [2.24, 2.45) is 0 Å². The van der Waals surface area contributed by atoms with Crippen LogP contribution in [0, 0.1) is 5.82 Å². The zero-order chi connectivity index (χ0) is 13.0. The van der Waals surface area contributed by atoms with Gasteiger partial charge in [-0.25, -0.2) is 4.39 Å². The minimum atomic E-state index is -0.636. The summed E-state index contributed by atoms with van der Waals surface area (Å²) in [6.45, 7) is -0.178. The average molecular weight is 240 g/mol. The Balaban J connectivity index is 2.68. The normalized spacial score (nSPS) is 9.82. The van der Waals surface area contributed by atoms with Crippen LogP contribution in [-0.4, -0.2) is 42.5 Å². The van der Waals surface area contributed by atoms with Crippen molar-refractivity contribution >= 4 is 11.8 Å². The van der Waals surface area contributed by atoms with E-state index in [0.29, 0.717) is 0 Å². The third kappa shape index (κ3) is 3.44. The van der Waals surface area contributed by atoms with Gasteiger partial charge in [-0.2, -0.15) is 0 Å². The van der Waals surface area contributed by atoms with E-state index in [4.69, 9.17) is 0 Å². The van der Waals surface area contributed by atoms with E-state index >= 15 is 0 Å². The molecular weight excluding hydrogens is 227 g/mol. The number of likely N-dealkylation sites (N-methyl/N-ethyl adjacent to an activating group) is 1. The number of nitrogens with zero attached hydrogens (tertiary/aromatic N) is 1. The summed E-state index contributed by atoms with van der Waals surface area (Å²) in [4.78, 5) is 24.1. The van der Waals surface area contributed by atoms with Crippen molar-refractivity contribution in [3.8, 4) is 5.75 Å². The second-order valence-electron chi connectivity index (χ2n) is 3.63. The lowest BCUT2D eigenvalue weighted by molar-refractivity contribution is -0.127. The molecule has 0 fully saturated rings. The fourth-order valence-corrected chi connectivity index (χ4v) is 1.11. The molecule has 0 unspecified atom stereocenters. The summed E-state index contributed by atoms with van der Waals surface area (Å²) in [5.41, 5.74) is -0.0713. The van der Waals surface area contributed by atoms with Crippen molar-refractivity contribution in [1.82, 2.24) is 10.2 Å². The highest BCUT2D eigenvalue weighted by Crippen LogP contribution is 2.17. The van der Waals surface area contributed by atoms with E-state index in [1.54, 1.807) is 14.1 Å². The third-order valence-corrected chi connectivity index (χ3v) is 2.10. The summed E-state index contributed by atoms with van der Waals surface area (Å²) in [6, 6.07) is 3.05. The molecule has 0 bridgehead atoms. The number of hydrogen-bond donors (Lipinski definition) is 2. The van der Waals surface area contributed by atoms with E-state index in [9.17, 15) is 19.1 Å². The molecule has 0 saturated carbocycles. The minimum Gasteiger partial charge on any atom is -0.507 e. The Bertz CT molecular complexity index is 446. The highest BCUT2D eigenvalue weighted by Gasteiger charge is 2.13. The van der Waals surface area contributed by atoms with Gasteiger partial charge >= 0.3 is 0 Å². The third-order valence-electron chi connectivity index (χ3n) is 2.10. The van der Waals surface area contributed by atoms with E-state index in [1.807, 2.05) is 0 Å². The molecule has 0 atom stereocenters. The molecule has 6 heteroatoms. The number of carbonyl (C=O) groups is 2. The molecule has 2 N–H and O–H groups in total. The molecule has 1 aromatic rings. The summed E-state index contributed by atoms with van der Waals surface area (Å²) in [5.74, 6) is -2.00. The Morgan fingerprint density at radius 2 is 2.06 bits per heavy atom. The standard InChI is InChI=1S/C11H13FN2O3/c1-14(2)10(16)6-13-11(17)8-4-3-7(12)5-9(8)15/h3-5,15H,6H2,1-2H3,(H,13,17). The molecule has 1 aromatic carbocycles. The smallest absolute Gasteiger partial charge is 0.255 e. The zero-order valence-electron chi connectivity index (χ0n) is 9.53. The molecule has 0 radical (unpaired) electrons. The Kier molecular flexibility index (Phi) is 4.03. The summed E-state index contributed by atoms with van der Waals surface area (Å²) in [7, 11) is 3.12. The van der Waals surface area contributed by atoms with E-state index in [-0.39, 0.29) is 18.0 Å². The van der Waals surface area contributed by atoms with Crippen LogP contribution < -0.4 is 5.32 Å². The summed E-state index contributed by atoms with van der Waals surface area (Å²) >= 11 is 0. The van der Waals surface area contributed by atoms with Crippen LogP contribution in [-0.2, 0) is 4.79 Å². The number of hydrogen-bond acceptors (Lipinski definition) is 3. The van der Waals surface area contributed by atoms with E-state index in [2.05, 4.69) is 5.32 Å². The van der Waals surface area contributed by atoms with Crippen molar-refractivity contribution in [2.75, 3.05) is 20.6 Å². The van der Waals surface area contributed by atoms with Crippen LogP contribution in [0.1, 0.15) is 10.4 Å². The van der Waals surface area contributed by atoms with Crippen LogP contribution in [0.15, 0.2) is 18.2 Å². The van der Waals surface area contributed by atoms with Crippen LogP contribution in [0.3, 0.4) is 0 Å². The zero-order valence-corrected chi connectivity index (χ0v) is 9.53. The number of amides is 2. The van der Waals surface area contributed by atoms with Crippen LogP contribution in [0.25, 0.3) is 0 Å². The lowest BCUT2D eigenvalue weighted by atomic mass is 10.2. The van der Waals surface area contributed by atoms with Gasteiger partial charge in [0.25, 0.3) is 5.91 Å². The molecule has 0 spiro atoms. The van der Waals surface area contributed by atoms with Crippen LogP contribution >= 0.6 is 0 Å². The number of halogens is 1. The Hall–Kier alpha value is -2.11. The number of benzene rings is 1. The SMILES string of the molecule is CN(C)C(=O)CNC(=O)c1ccc(F)cc1O. The average Bonchev–Trinajstić information content (AvgIpc) is 2.25. The monoisotopic (exact) mass is 240 g/mol. The largest absolute Gasteiger partial charge is 0.507 e. The van der Waals surface area contributed by atoms with Crippen molar-refractivity contribution < 1.29 is 19.1 Å². The first-order chi connectivity index (χ1) is 7.91. The predicted molar refractivity (Wildman–Crippen MR) is 59.1 cm³/mol. The number of carbonyl (C=O) groups excluding carboxylic acids is 2. The van der Waals surface area contributed by atoms with Gasteiger partial charge in [0.2, 0.25) is 5.91 Å². The quantitative estimate of drug-likeness (QED) is 0.801. The van der Waals surface area contributed by atoms with Gasteiger partial charge in [0.1, 0.15) is 11.6 Å². The molecule has 92 valence electrons. The fourth-order valence-electron chi connectivity index (χ4n) is 1.11. The second-order valence-corrected chi connectivity index (χ2v) is 3.63. The van der Waals surface area contributed by atoms with Crippen molar-refractivity contribution in [3.05, 3.63) is 29.6 Å². The molecule has 0 aliphatic rings. The highest BCUT2D eigenvalue weighted by atomic mass is 19.1. The molecule has 0 aliphatic carbocycles. The first-order valence-electron chi connectivity index (χ1n) is 4.88. The predicted octanol–water partition coefficient (Wildman–Crippen LogP) is 0.349. The molecule has 1 rings (SSSR count). The molecule has 2 amide bonds. The number of phenolic OH excluding ortho intramolecular Hbond substituents is 1. The maximum atomic E-state index is 12.7. The van der Waals surface area contributed by atoms with Gasteiger partial charge < -0.3 is 15.3 Å². The van der Waals surface area contributed by atoms with Gasteiger partial charge in [-0.05, 0) is 12.1 Å². The Morgan fingerprint density at radius 1 is 1.41 bits per heavy atom. The summed E-state index contributed by atoms with van der Waals surface area (Å²) < 4.78 is 12.7. The van der Waals surface area contributed by atoms with Gasteiger partial charge in [-0.3, -0.25) is 9.59 Å². The van der Waals surface area contributed by atoms with Gasteiger partial charge in [-0.1, -0.05) is 0 Å². The number of nitrogens with one attached hydrogen (secondary N) is 1.